The van der Waals surface area contributed by atoms with Gasteiger partial charge in [-0.3, -0.25) is 8.42 Å². The van der Waals surface area contributed by atoms with Gasteiger partial charge in [-0.15, -0.1) is 18.1 Å². The number of hydrogen-bond acceptors (Lipinski definition) is 8. The van der Waals surface area contributed by atoms with Crippen LogP contribution in [-0.2, 0) is 60.6 Å². The van der Waals surface area contributed by atoms with Crippen molar-refractivity contribution in [1.29, 1.82) is 0 Å². The molecule has 0 N–H and O–H groups in total. The third kappa shape index (κ3) is 221. The van der Waals surface area contributed by atoms with Crippen molar-refractivity contribution in [3.05, 3.63) is 0 Å². The molecule has 0 rings (SSSR count). The van der Waals surface area contributed by atoms with Gasteiger partial charge >= 0.3 is 71.5 Å². The number of rotatable bonds is 0. The molecule has 12 heavy (non-hydrogen) atoms. The Morgan fingerprint density at radius 3 is 0.833 bits per heavy atom. The summed E-state index contributed by atoms with van der Waals surface area (Å²) in [5.41, 5.74) is 0. The maximum absolute atomic E-state index is 8.89. The zero-order chi connectivity index (χ0) is 9.00. The minimum atomic E-state index is -4.33. The van der Waals surface area contributed by atoms with Gasteiger partial charge in [-0.1, -0.05) is 0 Å². The van der Waals surface area contributed by atoms with E-state index in [2.05, 4.69) is 22.4 Å². The molecule has 0 saturated carbocycles. The molecule has 0 aliphatic heterocycles. The van der Waals surface area contributed by atoms with Crippen LogP contribution in [0.3, 0.4) is 0 Å². The third-order valence-corrected chi connectivity index (χ3v) is 0. The molecule has 6 nitrogen and oxygen atoms in total. The summed E-state index contributed by atoms with van der Waals surface area (Å²) in [5.74, 6) is 0. The van der Waals surface area contributed by atoms with E-state index in [1.807, 2.05) is 0 Å². The van der Waals surface area contributed by atoms with Crippen molar-refractivity contribution in [2.75, 3.05) is 0 Å². The Morgan fingerprint density at radius 1 is 0.833 bits per heavy atom. The van der Waals surface area contributed by atoms with Crippen LogP contribution in [0.2, 0.25) is 0 Å². The number of hydrogen-bond donors (Lipinski definition) is 0. The molecule has 0 fully saturated rings. The van der Waals surface area contributed by atoms with Crippen molar-refractivity contribution in [1.82, 2.24) is 0 Å². The second-order valence-corrected chi connectivity index (χ2v) is 4.90. The van der Waals surface area contributed by atoms with Crippen molar-refractivity contribution in [3.63, 3.8) is 0 Å². The Kier molecular flexibility index (Phi) is 21.0. The molecule has 0 saturated heterocycles. The third-order valence-electron chi connectivity index (χ3n) is 0. The van der Waals surface area contributed by atoms with Gasteiger partial charge < -0.3 is 18.2 Å². The Bertz CT molecular complexity index is 216. The standard InChI is InChI=1S/Ir.K.2H2O3S2/c;;2*1-5(2,3)4/h;;2*(H2,1,2,3,4)/q+3;+1;;/p-4. The summed E-state index contributed by atoms with van der Waals surface area (Å²) >= 11 is 6.49. The van der Waals surface area contributed by atoms with Crippen LogP contribution in [0.15, 0.2) is 0 Å². The SMILES string of the molecule is O=S([O-])([O-])=S.O=S([O-])([O-])=S.[Ir+3].[K+]. The van der Waals surface area contributed by atoms with Gasteiger partial charge in [0.1, 0.15) is 0 Å². The Labute approximate surface area is 136 Å². The normalized spacial score (nSPS) is 9.67. The van der Waals surface area contributed by atoms with Crippen LogP contribution in [-0.4, -0.2) is 26.6 Å². The largest absolute Gasteiger partial charge is 3.00 e. The fraction of sp³-hybridized carbons (Fsp3) is 0. The van der Waals surface area contributed by atoms with Gasteiger partial charge in [0.15, 0.2) is 0 Å². The van der Waals surface area contributed by atoms with E-state index < -0.39 is 18.1 Å². The fourth-order valence-electron chi connectivity index (χ4n) is 0. The van der Waals surface area contributed by atoms with Gasteiger partial charge in [-0.25, -0.2) is 0 Å². The molecule has 0 bridgehead atoms. The van der Waals surface area contributed by atoms with Crippen molar-refractivity contribution in [2.45, 2.75) is 0 Å². The van der Waals surface area contributed by atoms with Gasteiger partial charge in [-0.05, 0) is 22.4 Å². The first-order valence-corrected chi connectivity index (χ1v) is 6.00. The molecule has 0 aliphatic rings. The second-order valence-electron chi connectivity index (χ2n) is 0.816. The molecule has 0 unspecified atom stereocenters. The van der Waals surface area contributed by atoms with Gasteiger partial charge in [0.05, 0.1) is 0 Å². The fourth-order valence-corrected chi connectivity index (χ4v) is 0. The second kappa shape index (κ2) is 10.4. The van der Waals surface area contributed by atoms with Crippen LogP contribution in [0, 0.1) is 0 Å². The molecule has 0 spiro atoms. The summed E-state index contributed by atoms with van der Waals surface area (Å²) in [6.45, 7) is 0. The summed E-state index contributed by atoms with van der Waals surface area (Å²) in [5, 5.41) is 0. The first kappa shape index (κ1) is 24.2. The van der Waals surface area contributed by atoms with Crippen LogP contribution >= 0.6 is 0 Å². The zero-order valence-corrected chi connectivity index (χ0v) is 14.2. The maximum atomic E-state index is 8.89. The molecule has 70 valence electrons. The van der Waals surface area contributed by atoms with Crippen LogP contribution in [0.5, 0.6) is 0 Å². The van der Waals surface area contributed by atoms with Gasteiger partial charge in [0.2, 0.25) is 0 Å². The van der Waals surface area contributed by atoms with Crippen molar-refractivity contribution >= 4 is 40.5 Å². The molecular formula is IrKO6S4. The van der Waals surface area contributed by atoms with Crippen molar-refractivity contribution in [3.8, 4) is 0 Å². The zero-order valence-electron chi connectivity index (χ0n) is 5.42. The van der Waals surface area contributed by atoms with Crippen LogP contribution in [0.25, 0.3) is 0 Å². The maximum Gasteiger partial charge on any atom is 3.00 e. The van der Waals surface area contributed by atoms with E-state index in [9.17, 15) is 0 Å². The summed E-state index contributed by atoms with van der Waals surface area (Å²) in [7, 11) is -8.67. The van der Waals surface area contributed by atoms with E-state index in [1.165, 1.54) is 0 Å². The molecule has 0 atom stereocenters. The Hall–Kier alpha value is 2.87. The molecule has 12 heteroatoms. The minimum Gasteiger partial charge on any atom is -0.780 e. The monoisotopic (exact) mass is 456 g/mol. The first-order valence-electron chi connectivity index (χ1n) is 1.33. The predicted octanol–water partition coefficient (Wildman–Crippen LogP) is -5.01. The van der Waals surface area contributed by atoms with Gasteiger partial charge in [0.25, 0.3) is 0 Å². The Balaban J connectivity index is -0.0000000457. The molecule has 0 radical (unpaired) electrons. The van der Waals surface area contributed by atoms with E-state index >= 15 is 0 Å². The molecule has 0 heterocycles. The molecule has 0 aromatic carbocycles. The topological polar surface area (TPSA) is 126 Å². The van der Waals surface area contributed by atoms with Gasteiger partial charge in [-0.2, -0.15) is 0 Å². The van der Waals surface area contributed by atoms with Crippen molar-refractivity contribution < 1.29 is 98.1 Å². The molecule has 0 aromatic rings. The Morgan fingerprint density at radius 2 is 0.833 bits per heavy atom. The van der Waals surface area contributed by atoms with Crippen LogP contribution in [0.4, 0.5) is 0 Å². The van der Waals surface area contributed by atoms with E-state index in [-0.39, 0.29) is 71.5 Å². The van der Waals surface area contributed by atoms with Crippen molar-refractivity contribution in [2.24, 2.45) is 0 Å². The molecule has 0 amide bonds. The summed E-state index contributed by atoms with van der Waals surface area (Å²) < 4.78 is 53.3. The van der Waals surface area contributed by atoms with Crippen LogP contribution < -0.4 is 51.4 Å². The average Bonchev–Trinajstić information content (AvgIpc) is 1.12. The van der Waals surface area contributed by atoms with E-state index in [0.717, 1.165) is 0 Å². The molecule has 0 aromatic heterocycles. The van der Waals surface area contributed by atoms with E-state index in [1.54, 1.807) is 0 Å². The quantitative estimate of drug-likeness (QED) is 0.332. The summed E-state index contributed by atoms with van der Waals surface area (Å²) in [4.78, 5) is 0. The van der Waals surface area contributed by atoms with E-state index in [0.29, 0.717) is 0 Å². The van der Waals surface area contributed by atoms with E-state index in [4.69, 9.17) is 26.6 Å². The molecule has 0 aliphatic carbocycles. The first-order chi connectivity index (χ1) is 4.00. The smallest absolute Gasteiger partial charge is 0.780 e. The van der Waals surface area contributed by atoms with Crippen LogP contribution in [0.1, 0.15) is 0 Å². The predicted molar refractivity (Wildman–Crippen MR) is 34.1 cm³/mol. The summed E-state index contributed by atoms with van der Waals surface area (Å²) in [6, 6.07) is 0. The minimum absolute atomic E-state index is 0. The van der Waals surface area contributed by atoms with Gasteiger partial charge in [0, 0.05) is 0 Å². The summed E-state index contributed by atoms with van der Waals surface area (Å²) in [6.07, 6.45) is 0. The molecular weight excluding hydrogens is 456 g/mol. The average molecular weight is 456 g/mol.